The monoisotopic (exact) mass is 812 g/mol. The van der Waals surface area contributed by atoms with Crippen LogP contribution in [-0.2, 0) is 28.7 Å². The minimum Gasteiger partial charge on any atom is -0.497 e. The largest absolute Gasteiger partial charge is 0.497 e. The Morgan fingerprint density at radius 3 is 2.07 bits per heavy atom. The molecule has 1 saturated heterocycles. The number of likely N-dealkylation sites (N-methyl/N-ethyl adjacent to an activating group) is 2. The molecule has 1 aliphatic heterocycles. The van der Waals surface area contributed by atoms with Crippen molar-refractivity contribution < 1.29 is 43.3 Å². The SMILES string of the molecule is CC[C@H](C)C([C@@H](CC(=O)N1C[C@@H](O)C[C@H]1[C@H](OC)[C@@H](C)C(=O)NCC(=O)c1ccc2cc(OC)ccc2c1)OC)N(C)C(=O)[C@@H](NC(=O)C(C(C)C)N(C)C)C(C)C. The third kappa shape index (κ3) is 11.8. The highest BCUT2D eigenvalue weighted by atomic mass is 16.5. The van der Waals surface area contributed by atoms with E-state index in [0.717, 1.165) is 10.8 Å². The van der Waals surface area contributed by atoms with Crippen LogP contribution in [0.25, 0.3) is 10.8 Å². The van der Waals surface area contributed by atoms with Crippen molar-refractivity contribution in [2.24, 2.45) is 23.7 Å². The Morgan fingerprint density at radius 1 is 0.879 bits per heavy atom. The average molecular weight is 812 g/mol. The second-order valence-electron chi connectivity index (χ2n) is 16.7. The fraction of sp³-hybridized carbons (Fsp3) is 0.659. The van der Waals surface area contributed by atoms with Crippen molar-refractivity contribution in [1.29, 1.82) is 0 Å². The van der Waals surface area contributed by atoms with Crippen molar-refractivity contribution in [3.05, 3.63) is 42.0 Å². The first kappa shape index (κ1) is 48.3. The molecule has 2 aromatic rings. The Bertz CT molecular complexity index is 1710. The van der Waals surface area contributed by atoms with Crippen LogP contribution in [0, 0.1) is 23.7 Å². The molecule has 2 unspecified atom stereocenters. The van der Waals surface area contributed by atoms with Gasteiger partial charge in [0.2, 0.25) is 23.6 Å². The lowest BCUT2D eigenvalue weighted by atomic mass is 9.89. The number of hydrogen-bond donors (Lipinski definition) is 3. The maximum Gasteiger partial charge on any atom is 0.245 e. The van der Waals surface area contributed by atoms with Crippen LogP contribution >= 0.6 is 0 Å². The van der Waals surface area contributed by atoms with Gasteiger partial charge in [0.1, 0.15) is 11.8 Å². The summed E-state index contributed by atoms with van der Waals surface area (Å²) in [6.45, 7) is 13.2. The molecule has 0 aliphatic carbocycles. The van der Waals surface area contributed by atoms with E-state index in [4.69, 9.17) is 14.2 Å². The van der Waals surface area contributed by atoms with E-state index in [2.05, 4.69) is 10.6 Å². The number of nitrogens with one attached hydrogen (secondary N) is 2. The molecule has 1 heterocycles. The Balaban J connectivity index is 1.76. The predicted octanol–water partition coefficient (Wildman–Crippen LogP) is 3.77. The topological polar surface area (TPSA) is 167 Å². The second kappa shape index (κ2) is 21.8. The molecule has 0 saturated carbocycles. The number of benzene rings is 2. The first-order valence-corrected chi connectivity index (χ1v) is 20.5. The number of fused-ring (bicyclic) bond motifs is 1. The van der Waals surface area contributed by atoms with Crippen LogP contribution in [0.3, 0.4) is 0 Å². The van der Waals surface area contributed by atoms with Gasteiger partial charge in [-0.15, -0.1) is 0 Å². The molecule has 14 heteroatoms. The summed E-state index contributed by atoms with van der Waals surface area (Å²) in [7, 11) is 9.93. The number of methoxy groups -OCH3 is 3. The molecule has 4 amide bonds. The van der Waals surface area contributed by atoms with Gasteiger partial charge < -0.3 is 39.8 Å². The number of ether oxygens (including phenoxy) is 3. The molecule has 58 heavy (non-hydrogen) atoms. The van der Waals surface area contributed by atoms with Crippen molar-refractivity contribution in [3.63, 3.8) is 0 Å². The molecular weight excluding hydrogens is 743 g/mol. The molecule has 0 radical (unpaired) electrons. The van der Waals surface area contributed by atoms with E-state index < -0.39 is 54.3 Å². The number of Topliss-reactive ketones (excluding diaryl/α,β-unsaturated/α-hetero) is 1. The van der Waals surface area contributed by atoms with Crippen molar-refractivity contribution in [2.75, 3.05) is 55.6 Å². The molecule has 2 aromatic carbocycles. The third-order valence-corrected chi connectivity index (χ3v) is 11.8. The van der Waals surface area contributed by atoms with Crippen LogP contribution < -0.4 is 15.4 Å². The summed E-state index contributed by atoms with van der Waals surface area (Å²) in [5, 5.41) is 18.4. The van der Waals surface area contributed by atoms with Crippen LogP contribution in [0.1, 0.15) is 78.1 Å². The van der Waals surface area contributed by atoms with Crippen LogP contribution in [0.15, 0.2) is 36.4 Å². The van der Waals surface area contributed by atoms with Gasteiger partial charge in [-0.2, -0.15) is 0 Å². The fourth-order valence-electron chi connectivity index (χ4n) is 8.36. The quantitative estimate of drug-likeness (QED) is 0.158. The number of aliphatic hydroxyl groups excluding tert-OH is 1. The molecule has 0 bridgehead atoms. The molecule has 9 atom stereocenters. The van der Waals surface area contributed by atoms with Gasteiger partial charge in [-0.3, -0.25) is 28.9 Å². The number of amides is 4. The van der Waals surface area contributed by atoms with E-state index in [0.29, 0.717) is 17.7 Å². The van der Waals surface area contributed by atoms with Gasteiger partial charge in [-0.1, -0.05) is 73.1 Å². The van der Waals surface area contributed by atoms with Crippen molar-refractivity contribution in [2.45, 2.75) is 110 Å². The Kier molecular flexibility index (Phi) is 18.1. The normalized spacial score (nSPS) is 19.4. The lowest BCUT2D eigenvalue weighted by Gasteiger charge is -2.41. The first-order valence-electron chi connectivity index (χ1n) is 20.5. The van der Waals surface area contributed by atoms with E-state index in [9.17, 15) is 29.1 Å². The van der Waals surface area contributed by atoms with E-state index >= 15 is 0 Å². The molecule has 0 spiro atoms. The number of aliphatic hydroxyl groups is 1. The van der Waals surface area contributed by atoms with Gasteiger partial charge in [0, 0.05) is 33.4 Å². The number of likely N-dealkylation sites (tertiary alicyclic amines) is 1. The molecule has 324 valence electrons. The maximum absolute atomic E-state index is 14.3. The average Bonchev–Trinajstić information content (AvgIpc) is 3.58. The maximum atomic E-state index is 14.3. The van der Waals surface area contributed by atoms with Crippen LogP contribution in [0.5, 0.6) is 5.75 Å². The van der Waals surface area contributed by atoms with E-state index in [1.807, 2.05) is 84.8 Å². The summed E-state index contributed by atoms with van der Waals surface area (Å²) in [5.74, 6) is -1.87. The van der Waals surface area contributed by atoms with E-state index in [1.165, 1.54) is 14.2 Å². The number of nitrogens with zero attached hydrogens (tertiary/aromatic N) is 3. The molecule has 0 aromatic heterocycles. The van der Waals surface area contributed by atoms with Gasteiger partial charge in [-0.05, 0) is 67.2 Å². The number of rotatable bonds is 21. The highest BCUT2D eigenvalue weighted by Gasteiger charge is 2.45. The highest BCUT2D eigenvalue weighted by molar-refractivity contribution is 6.02. The number of hydrogen-bond acceptors (Lipinski definition) is 10. The summed E-state index contributed by atoms with van der Waals surface area (Å²) in [6, 6.07) is 8.48. The number of carbonyl (C=O) groups is 5. The van der Waals surface area contributed by atoms with Gasteiger partial charge in [0.25, 0.3) is 0 Å². The van der Waals surface area contributed by atoms with Crippen molar-refractivity contribution in [3.8, 4) is 5.75 Å². The summed E-state index contributed by atoms with van der Waals surface area (Å²) in [5.41, 5.74) is 0.453. The van der Waals surface area contributed by atoms with Crippen LogP contribution in [0.2, 0.25) is 0 Å². The highest BCUT2D eigenvalue weighted by Crippen LogP contribution is 2.30. The number of carbonyl (C=O) groups excluding carboxylic acids is 5. The lowest BCUT2D eigenvalue weighted by molar-refractivity contribution is -0.148. The Morgan fingerprint density at radius 2 is 1.52 bits per heavy atom. The zero-order valence-electron chi connectivity index (χ0n) is 36.9. The molecule has 14 nitrogen and oxygen atoms in total. The summed E-state index contributed by atoms with van der Waals surface area (Å²) in [4.78, 5) is 73.6. The smallest absolute Gasteiger partial charge is 0.245 e. The summed E-state index contributed by atoms with van der Waals surface area (Å²) in [6.07, 6.45) is -1.60. The molecule has 3 rings (SSSR count). The minimum atomic E-state index is -0.848. The van der Waals surface area contributed by atoms with Gasteiger partial charge in [0.05, 0.1) is 62.4 Å². The standard InChI is InChI=1S/C44H69N5O9/c1-14-27(6)40(48(10)44(55)38(25(2)3)46-43(54)39(26(4)5)47(8)9)36(57-12)22-37(52)49-24-32(50)21-34(49)41(58-13)28(7)42(53)45-23-35(51)31-16-15-30-20-33(56-11)18-17-29(30)19-31/h15-20,25-28,32,34,36,38-41,50H,14,21-24H2,1-13H3,(H,45,53)(H,46,54)/t27-,28+,32-,34-,36+,38-,39?,40?,41+/m0/s1. The zero-order chi connectivity index (χ0) is 43.6. The fourth-order valence-corrected chi connectivity index (χ4v) is 8.36. The number of β-amino-alcohol motifs (C(OH)–C–C–N with tert-alkyl or cyclic N) is 1. The van der Waals surface area contributed by atoms with Crippen LogP contribution in [-0.4, -0.2) is 147 Å². The van der Waals surface area contributed by atoms with Crippen molar-refractivity contribution >= 4 is 40.2 Å². The predicted molar refractivity (Wildman–Crippen MR) is 224 cm³/mol. The van der Waals surface area contributed by atoms with Gasteiger partial charge in [0.15, 0.2) is 5.78 Å². The Hall–Kier alpha value is -4.11. The number of ketones is 1. The molecule has 1 aliphatic rings. The first-order chi connectivity index (χ1) is 27.3. The summed E-state index contributed by atoms with van der Waals surface area (Å²) >= 11 is 0. The molecular formula is C44H69N5O9. The summed E-state index contributed by atoms with van der Waals surface area (Å²) < 4.78 is 17.1. The van der Waals surface area contributed by atoms with E-state index in [-0.39, 0.29) is 67.2 Å². The minimum absolute atomic E-state index is 0.0202. The van der Waals surface area contributed by atoms with Gasteiger partial charge >= 0.3 is 0 Å². The van der Waals surface area contributed by atoms with Crippen LogP contribution in [0.4, 0.5) is 0 Å². The molecule has 1 fully saturated rings. The van der Waals surface area contributed by atoms with E-state index in [1.54, 1.807) is 43.0 Å². The third-order valence-electron chi connectivity index (χ3n) is 11.8. The van der Waals surface area contributed by atoms with Gasteiger partial charge in [-0.25, -0.2) is 0 Å². The zero-order valence-corrected chi connectivity index (χ0v) is 36.9. The Labute approximate surface area is 345 Å². The lowest BCUT2D eigenvalue weighted by Crippen LogP contribution is -2.59. The second-order valence-corrected chi connectivity index (χ2v) is 16.7. The molecule has 3 N–H and O–H groups in total. The van der Waals surface area contributed by atoms with Crippen molar-refractivity contribution in [1.82, 2.24) is 25.3 Å².